The van der Waals surface area contributed by atoms with Gasteiger partial charge in [0.15, 0.2) is 5.76 Å². The highest BCUT2D eigenvalue weighted by molar-refractivity contribution is 5.91. The van der Waals surface area contributed by atoms with Gasteiger partial charge in [-0.3, -0.25) is 4.79 Å². The second-order valence-electron chi connectivity index (χ2n) is 4.31. The lowest BCUT2D eigenvalue weighted by Gasteiger charge is -2.16. The van der Waals surface area contributed by atoms with E-state index < -0.39 is 0 Å². The average molecular weight is 259 g/mol. The lowest BCUT2D eigenvalue weighted by Crippen LogP contribution is -2.28. The van der Waals surface area contributed by atoms with Crippen LogP contribution >= 0.6 is 0 Å². The topological polar surface area (TPSA) is 62.5 Å². The smallest absolute Gasteiger partial charge is 0.286 e. The lowest BCUT2D eigenvalue weighted by atomic mass is 9.96. The fourth-order valence-electron chi connectivity index (χ4n) is 1.98. The molecule has 0 fully saturated rings. The molecule has 1 heterocycles. The van der Waals surface area contributed by atoms with Crippen molar-refractivity contribution < 1.29 is 14.3 Å². The number of rotatable bonds is 6. The number of amides is 1. The molecule has 19 heavy (non-hydrogen) atoms. The van der Waals surface area contributed by atoms with E-state index in [-0.39, 0.29) is 18.4 Å². The molecule has 0 aliphatic heterocycles. The molecule has 0 bridgehead atoms. The van der Waals surface area contributed by atoms with Crippen molar-refractivity contribution in [3.8, 4) is 0 Å². The summed E-state index contributed by atoms with van der Waals surface area (Å²) in [5.41, 5.74) is 1.11. The zero-order valence-electron chi connectivity index (χ0n) is 10.6. The van der Waals surface area contributed by atoms with Gasteiger partial charge in [0.05, 0.1) is 6.26 Å². The van der Waals surface area contributed by atoms with Crippen LogP contribution < -0.4 is 5.32 Å². The quantitative estimate of drug-likeness (QED) is 0.835. The van der Waals surface area contributed by atoms with Gasteiger partial charge in [0.25, 0.3) is 5.91 Å². The van der Waals surface area contributed by atoms with Gasteiger partial charge in [-0.05, 0) is 24.1 Å². The van der Waals surface area contributed by atoms with Gasteiger partial charge in [0, 0.05) is 19.1 Å². The summed E-state index contributed by atoms with van der Waals surface area (Å²) in [5.74, 6) is 0.171. The van der Waals surface area contributed by atoms with Crippen molar-refractivity contribution in [2.45, 2.75) is 12.3 Å². The Labute approximate surface area is 112 Å². The summed E-state index contributed by atoms with van der Waals surface area (Å²) >= 11 is 0. The minimum atomic E-state index is -0.233. The average Bonchev–Trinajstić information content (AvgIpc) is 2.98. The maximum absolute atomic E-state index is 11.8. The van der Waals surface area contributed by atoms with Crippen LogP contribution in [0, 0.1) is 0 Å². The number of hydrogen-bond acceptors (Lipinski definition) is 3. The number of carbonyl (C=O) groups excluding carboxylic acids is 1. The first kappa shape index (κ1) is 13.4. The van der Waals surface area contributed by atoms with Crippen molar-refractivity contribution in [1.29, 1.82) is 0 Å². The van der Waals surface area contributed by atoms with Crippen molar-refractivity contribution >= 4 is 5.91 Å². The van der Waals surface area contributed by atoms with Crippen molar-refractivity contribution in [2.75, 3.05) is 13.2 Å². The molecule has 100 valence electrons. The van der Waals surface area contributed by atoms with Gasteiger partial charge in [-0.15, -0.1) is 0 Å². The Morgan fingerprint density at radius 2 is 2.00 bits per heavy atom. The standard InChI is InChI=1S/C15H17NO3/c17-9-8-13(12-5-2-1-3-6-12)11-16-15(18)14-7-4-10-19-14/h1-7,10,13,17H,8-9,11H2,(H,16,18). The molecule has 0 saturated heterocycles. The van der Waals surface area contributed by atoms with Crippen LogP contribution in [0.3, 0.4) is 0 Å². The molecule has 0 radical (unpaired) electrons. The number of carbonyl (C=O) groups is 1. The van der Waals surface area contributed by atoms with E-state index in [4.69, 9.17) is 9.52 Å². The molecular formula is C15H17NO3. The van der Waals surface area contributed by atoms with Crippen LogP contribution in [0.15, 0.2) is 53.1 Å². The molecule has 0 saturated carbocycles. The number of nitrogens with one attached hydrogen (secondary N) is 1. The highest BCUT2D eigenvalue weighted by Crippen LogP contribution is 2.18. The molecule has 1 amide bonds. The molecule has 0 spiro atoms. The third kappa shape index (κ3) is 3.69. The highest BCUT2D eigenvalue weighted by atomic mass is 16.3. The molecule has 2 aromatic rings. The first-order chi connectivity index (χ1) is 9.31. The van der Waals surface area contributed by atoms with Crippen LogP contribution in [0.25, 0.3) is 0 Å². The Balaban J connectivity index is 1.96. The summed E-state index contributed by atoms with van der Waals surface area (Å²) < 4.78 is 5.03. The summed E-state index contributed by atoms with van der Waals surface area (Å²) in [6.07, 6.45) is 2.08. The van der Waals surface area contributed by atoms with Crippen molar-refractivity contribution in [1.82, 2.24) is 5.32 Å². The summed E-state index contributed by atoms with van der Waals surface area (Å²) in [4.78, 5) is 11.8. The molecule has 2 rings (SSSR count). The largest absolute Gasteiger partial charge is 0.459 e. The van der Waals surface area contributed by atoms with Gasteiger partial charge in [0.1, 0.15) is 0 Å². The van der Waals surface area contributed by atoms with Gasteiger partial charge in [0.2, 0.25) is 0 Å². The van der Waals surface area contributed by atoms with E-state index in [9.17, 15) is 4.79 Å². The molecule has 1 aromatic heterocycles. The number of aliphatic hydroxyl groups is 1. The monoisotopic (exact) mass is 259 g/mol. The molecule has 1 atom stereocenters. The van der Waals surface area contributed by atoms with Gasteiger partial charge in [-0.25, -0.2) is 0 Å². The van der Waals surface area contributed by atoms with Crippen LogP contribution in [-0.4, -0.2) is 24.2 Å². The van der Waals surface area contributed by atoms with Gasteiger partial charge < -0.3 is 14.8 Å². The molecule has 1 aromatic carbocycles. The zero-order valence-corrected chi connectivity index (χ0v) is 10.6. The third-order valence-corrected chi connectivity index (χ3v) is 3.00. The first-order valence-corrected chi connectivity index (χ1v) is 6.28. The molecule has 2 N–H and O–H groups in total. The Hall–Kier alpha value is -2.07. The summed E-state index contributed by atoms with van der Waals surface area (Å²) in [7, 11) is 0. The van der Waals surface area contributed by atoms with E-state index >= 15 is 0 Å². The minimum Gasteiger partial charge on any atom is -0.459 e. The zero-order chi connectivity index (χ0) is 13.5. The van der Waals surface area contributed by atoms with Crippen LogP contribution in [0.5, 0.6) is 0 Å². The summed E-state index contributed by atoms with van der Waals surface area (Å²) in [6.45, 7) is 0.570. The molecular weight excluding hydrogens is 242 g/mol. The number of hydrogen-bond donors (Lipinski definition) is 2. The van der Waals surface area contributed by atoms with Crippen LogP contribution in [0.2, 0.25) is 0 Å². The second kappa shape index (κ2) is 6.75. The van der Waals surface area contributed by atoms with Crippen molar-refractivity contribution in [2.24, 2.45) is 0 Å². The number of aliphatic hydroxyl groups excluding tert-OH is 1. The predicted octanol–water partition coefficient (Wildman–Crippen LogP) is 2.18. The van der Waals surface area contributed by atoms with E-state index in [2.05, 4.69) is 5.32 Å². The van der Waals surface area contributed by atoms with Gasteiger partial charge in [-0.1, -0.05) is 30.3 Å². The van der Waals surface area contributed by atoms with E-state index in [1.54, 1.807) is 12.1 Å². The minimum absolute atomic E-state index is 0.0934. The van der Waals surface area contributed by atoms with Crippen LogP contribution in [0.1, 0.15) is 28.5 Å². The maximum Gasteiger partial charge on any atom is 0.286 e. The first-order valence-electron chi connectivity index (χ1n) is 6.28. The van der Waals surface area contributed by atoms with Gasteiger partial charge >= 0.3 is 0 Å². The van der Waals surface area contributed by atoms with Crippen molar-refractivity contribution in [3.05, 3.63) is 60.1 Å². The predicted molar refractivity (Wildman–Crippen MR) is 71.9 cm³/mol. The number of benzene rings is 1. The second-order valence-corrected chi connectivity index (χ2v) is 4.31. The normalized spacial score (nSPS) is 12.1. The van der Waals surface area contributed by atoms with Crippen molar-refractivity contribution in [3.63, 3.8) is 0 Å². The fourth-order valence-corrected chi connectivity index (χ4v) is 1.98. The molecule has 0 aliphatic rings. The lowest BCUT2D eigenvalue weighted by molar-refractivity contribution is 0.0921. The SMILES string of the molecule is O=C(NCC(CCO)c1ccccc1)c1ccco1. The van der Waals surface area contributed by atoms with E-state index in [1.807, 2.05) is 30.3 Å². The Morgan fingerprint density at radius 3 is 2.63 bits per heavy atom. The van der Waals surface area contributed by atoms with Crippen LogP contribution in [0.4, 0.5) is 0 Å². The Morgan fingerprint density at radius 1 is 1.21 bits per heavy atom. The van der Waals surface area contributed by atoms with Crippen LogP contribution in [-0.2, 0) is 0 Å². The van der Waals surface area contributed by atoms with Gasteiger partial charge in [-0.2, -0.15) is 0 Å². The molecule has 0 aliphatic carbocycles. The Kier molecular flexibility index (Phi) is 4.75. The molecule has 4 nitrogen and oxygen atoms in total. The summed E-state index contributed by atoms with van der Waals surface area (Å²) in [6, 6.07) is 13.2. The number of furan rings is 1. The fraction of sp³-hybridized carbons (Fsp3) is 0.267. The van der Waals surface area contributed by atoms with E-state index in [0.29, 0.717) is 18.7 Å². The third-order valence-electron chi connectivity index (χ3n) is 3.00. The summed E-state index contributed by atoms with van der Waals surface area (Å²) in [5, 5.41) is 11.9. The maximum atomic E-state index is 11.8. The molecule has 4 heteroatoms. The van der Waals surface area contributed by atoms with E-state index in [1.165, 1.54) is 6.26 Å². The molecule has 1 unspecified atom stereocenters. The highest BCUT2D eigenvalue weighted by Gasteiger charge is 2.14. The van der Waals surface area contributed by atoms with E-state index in [0.717, 1.165) is 5.56 Å². The Bertz CT molecular complexity index is 493.